The molecule has 3 nitrogen and oxygen atoms in total. The monoisotopic (exact) mass is 230 g/mol. The van der Waals surface area contributed by atoms with E-state index in [1.807, 2.05) is 21.1 Å². The summed E-state index contributed by atoms with van der Waals surface area (Å²) in [5.74, 6) is 0.200. The largest absolute Gasteiger partial charge is 0.390 e. The lowest BCUT2D eigenvalue weighted by molar-refractivity contribution is -0.886. The Morgan fingerprint density at radius 2 is 1.69 bits per heavy atom. The third-order valence-corrected chi connectivity index (χ3v) is 3.01. The predicted octanol–water partition coefficient (Wildman–Crippen LogP) is 1.98. The van der Waals surface area contributed by atoms with Crippen LogP contribution >= 0.6 is 0 Å². The summed E-state index contributed by atoms with van der Waals surface area (Å²) in [7, 11) is 5.86. The van der Waals surface area contributed by atoms with Gasteiger partial charge in [0.1, 0.15) is 6.61 Å². The zero-order valence-corrected chi connectivity index (χ0v) is 11.3. The molecule has 0 heterocycles. The van der Waals surface area contributed by atoms with Crippen LogP contribution in [0.4, 0.5) is 0 Å². The lowest BCUT2D eigenvalue weighted by Gasteiger charge is -2.31. The summed E-state index contributed by atoms with van der Waals surface area (Å²) < 4.78 is 0.518. The van der Waals surface area contributed by atoms with Gasteiger partial charge in [0.15, 0.2) is 11.8 Å². The summed E-state index contributed by atoms with van der Waals surface area (Å²) in [4.78, 5) is 11.9. The topological polar surface area (TPSA) is 37.3 Å². The number of ketones is 1. The average molecular weight is 230 g/mol. The van der Waals surface area contributed by atoms with Gasteiger partial charge < -0.3 is 9.59 Å². The summed E-state index contributed by atoms with van der Waals surface area (Å²) in [5.41, 5.74) is 0. The second kappa shape index (κ2) is 7.80. The van der Waals surface area contributed by atoms with E-state index < -0.39 is 0 Å². The number of quaternary nitrogens is 1. The minimum Gasteiger partial charge on any atom is -0.390 e. The van der Waals surface area contributed by atoms with Gasteiger partial charge in [-0.05, 0) is 6.42 Å². The molecule has 0 amide bonds. The molecule has 0 aliphatic carbocycles. The summed E-state index contributed by atoms with van der Waals surface area (Å²) in [5, 5.41) is 9.24. The van der Waals surface area contributed by atoms with E-state index in [1.165, 1.54) is 19.3 Å². The molecular weight excluding hydrogens is 202 g/mol. The van der Waals surface area contributed by atoms with Gasteiger partial charge in [-0.3, -0.25) is 4.79 Å². The van der Waals surface area contributed by atoms with E-state index in [2.05, 4.69) is 6.92 Å². The number of aliphatic hydroxyl groups is 1. The highest BCUT2D eigenvalue weighted by Crippen LogP contribution is 2.11. The molecule has 1 atom stereocenters. The molecule has 0 aromatic rings. The van der Waals surface area contributed by atoms with Crippen LogP contribution < -0.4 is 0 Å². The van der Waals surface area contributed by atoms with E-state index >= 15 is 0 Å². The highest BCUT2D eigenvalue weighted by molar-refractivity contribution is 5.83. The lowest BCUT2D eigenvalue weighted by Crippen LogP contribution is -2.51. The molecule has 0 saturated heterocycles. The SMILES string of the molecule is CCCCCCCC(=O)C(CO)[N+](C)(C)C. The molecule has 96 valence electrons. The predicted molar refractivity (Wildman–Crippen MR) is 67.3 cm³/mol. The van der Waals surface area contributed by atoms with Crippen molar-refractivity contribution in [1.82, 2.24) is 0 Å². The Morgan fingerprint density at radius 1 is 1.12 bits per heavy atom. The Morgan fingerprint density at radius 3 is 2.12 bits per heavy atom. The van der Waals surface area contributed by atoms with Crippen molar-refractivity contribution in [2.75, 3.05) is 27.7 Å². The van der Waals surface area contributed by atoms with Crippen LogP contribution in [0.15, 0.2) is 0 Å². The summed E-state index contributed by atoms with van der Waals surface area (Å²) in [6, 6.07) is -0.258. The van der Waals surface area contributed by atoms with Crippen molar-refractivity contribution in [3.8, 4) is 0 Å². The maximum atomic E-state index is 11.9. The van der Waals surface area contributed by atoms with E-state index in [0.29, 0.717) is 10.9 Å². The number of rotatable bonds is 9. The van der Waals surface area contributed by atoms with Crippen LogP contribution in [0.1, 0.15) is 45.4 Å². The van der Waals surface area contributed by atoms with Crippen LogP contribution in [-0.4, -0.2) is 49.2 Å². The van der Waals surface area contributed by atoms with Crippen LogP contribution in [0.5, 0.6) is 0 Å². The molecular formula is C13H28NO2+. The Bertz CT molecular complexity index is 197. The minimum absolute atomic E-state index is 0.0444. The number of Topliss-reactive ketones (excluding diaryl/α,β-unsaturated/α-hetero) is 1. The highest BCUT2D eigenvalue weighted by atomic mass is 16.3. The number of carbonyl (C=O) groups is 1. The molecule has 0 aliphatic rings. The number of hydrogen-bond donors (Lipinski definition) is 1. The smallest absolute Gasteiger partial charge is 0.192 e. The fourth-order valence-corrected chi connectivity index (χ4v) is 1.85. The molecule has 0 aliphatic heterocycles. The minimum atomic E-state index is -0.258. The third kappa shape index (κ3) is 6.23. The van der Waals surface area contributed by atoms with E-state index in [1.54, 1.807) is 0 Å². The van der Waals surface area contributed by atoms with Gasteiger partial charge in [-0.15, -0.1) is 0 Å². The molecule has 0 radical (unpaired) electrons. The molecule has 3 heteroatoms. The number of unbranched alkanes of at least 4 members (excludes halogenated alkanes) is 4. The third-order valence-electron chi connectivity index (χ3n) is 3.01. The molecule has 0 spiro atoms. The van der Waals surface area contributed by atoms with Gasteiger partial charge >= 0.3 is 0 Å². The molecule has 0 saturated carbocycles. The molecule has 0 aromatic carbocycles. The number of hydrogen-bond acceptors (Lipinski definition) is 2. The fraction of sp³-hybridized carbons (Fsp3) is 0.923. The molecule has 0 aromatic heterocycles. The average Bonchev–Trinajstić information content (AvgIpc) is 2.16. The van der Waals surface area contributed by atoms with Crippen molar-refractivity contribution in [2.45, 2.75) is 51.5 Å². The van der Waals surface area contributed by atoms with Crippen molar-refractivity contribution >= 4 is 5.78 Å². The second-order valence-corrected chi connectivity index (χ2v) is 5.45. The first-order valence-electron chi connectivity index (χ1n) is 6.38. The molecule has 0 bridgehead atoms. The van der Waals surface area contributed by atoms with Crippen LogP contribution in [0.3, 0.4) is 0 Å². The molecule has 1 unspecified atom stereocenters. The molecule has 1 N–H and O–H groups in total. The van der Waals surface area contributed by atoms with Gasteiger partial charge in [0.2, 0.25) is 0 Å². The Labute approximate surface area is 100 Å². The number of nitrogens with zero attached hydrogens (tertiary/aromatic N) is 1. The van der Waals surface area contributed by atoms with Crippen molar-refractivity contribution in [3.63, 3.8) is 0 Å². The van der Waals surface area contributed by atoms with Gasteiger partial charge in [-0.25, -0.2) is 0 Å². The summed E-state index contributed by atoms with van der Waals surface area (Å²) in [6.45, 7) is 2.14. The number of aliphatic hydroxyl groups excluding tert-OH is 1. The Kier molecular flexibility index (Phi) is 7.60. The van der Waals surface area contributed by atoms with Crippen LogP contribution in [0, 0.1) is 0 Å². The van der Waals surface area contributed by atoms with Crippen LogP contribution in [-0.2, 0) is 4.79 Å². The van der Waals surface area contributed by atoms with Gasteiger partial charge in [-0.2, -0.15) is 0 Å². The van der Waals surface area contributed by atoms with Crippen molar-refractivity contribution in [1.29, 1.82) is 0 Å². The zero-order chi connectivity index (χ0) is 12.6. The van der Waals surface area contributed by atoms with Gasteiger partial charge in [0.05, 0.1) is 21.1 Å². The standard InChI is InChI=1S/C13H28NO2/c1-5-6-7-8-9-10-13(16)12(11-15)14(2,3)4/h12,15H,5-11H2,1-4H3/q+1. The van der Waals surface area contributed by atoms with Gasteiger partial charge in [0.25, 0.3) is 0 Å². The van der Waals surface area contributed by atoms with Crippen LogP contribution in [0.2, 0.25) is 0 Å². The first kappa shape index (κ1) is 15.6. The fourth-order valence-electron chi connectivity index (χ4n) is 1.85. The first-order valence-corrected chi connectivity index (χ1v) is 6.38. The zero-order valence-electron chi connectivity index (χ0n) is 11.3. The van der Waals surface area contributed by atoms with Crippen LogP contribution in [0.25, 0.3) is 0 Å². The lowest BCUT2D eigenvalue weighted by atomic mass is 10.0. The maximum absolute atomic E-state index is 11.9. The van der Waals surface area contributed by atoms with E-state index in [-0.39, 0.29) is 18.4 Å². The van der Waals surface area contributed by atoms with Crippen molar-refractivity contribution in [3.05, 3.63) is 0 Å². The molecule has 0 fully saturated rings. The maximum Gasteiger partial charge on any atom is 0.192 e. The van der Waals surface area contributed by atoms with Gasteiger partial charge in [-0.1, -0.05) is 32.6 Å². The normalized spacial score (nSPS) is 13.8. The van der Waals surface area contributed by atoms with E-state index in [9.17, 15) is 9.90 Å². The van der Waals surface area contributed by atoms with Crippen molar-refractivity contribution in [2.24, 2.45) is 0 Å². The quantitative estimate of drug-likeness (QED) is 0.486. The first-order chi connectivity index (χ1) is 7.43. The highest BCUT2D eigenvalue weighted by Gasteiger charge is 2.29. The summed E-state index contributed by atoms with van der Waals surface area (Å²) >= 11 is 0. The Hall–Kier alpha value is -0.410. The number of carbonyl (C=O) groups excluding carboxylic acids is 1. The molecule has 0 rings (SSSR count). The summed E-state index contributed by atoms with van der Waals surface area (Å²) in [6.07, 6.45) is 6.42. The molecule has 16 heavy (non-hydrogen) atoms. The van der Waals surface area contributed by atoms with Gasteiger partial charge in [0, 0.05) is 6.42 Å². The second-order valence-electron chi connectivity index (χ2n) is 5.45. The van der Waals surface area contributed by atoms with E-state index in [0.717, 1.165) is 12.8 Å². The Balaban J connectivity index is 3.86. The van der Waals surface area contributed by atoms with E-state index in [4.69, 9.17) is 0 Å². The number of likely N-dealkylation sites (N-methyl/N-ethyl adjacent to an activating group) is 1. The van der Waals surface area contributed by atoms with Crippen molar-refractivity contribution < 1.29 is 14.4 Å².